The maximum absolute atomic E-state index is 12.9. The molecule has 0 aliphatic heterocycles. The maximum Gasteiger partial charge on any atom is 0.227 e. The van der Waals surface area contributed by atoms with Gasteiger partial charge in [0.2, 0.25) is 16.9 Å². The van der Waals surface area contributed by atoms with Gasteiger partial charge in [-0.2, -0.15) is 0 Å². The maximum atomic E-state index is 12.9. The number of anilines is 1. The van der Waals surface area contributed by atoms with Crippen molar-refractivity contribution >= 4 is 44.2 Å². The first-order chi connectivity index (χ1) is 15.2. The van der Waals surface area contributed by atoms with Crippen LogP contribution in [-0.2, 0) is 16.0 Å². The Morgan fingerprint density at radius 3 is 2.34 bits per heavy atom. The lowest BCUT2D eigenvalue weighted by atomic mass is 9.94. The quantitative estimate of drug-likeness (QED) is 0.435. The van der Waals surface area contributed by atoms with Crippen LogP contribution in [0.4, 0.5) is 5.13 Å². The molecule has 3 rings (SSSR count). The number of carbonyl (C=O) groups is 2. The molecule has 1 N–H and O–H groups in total. The van der Waals surface area contributed by atoms with E-state index in [4.69, 9.17) is 0 Å². The SMILES string of the molecule is CC(C)(C)C(=O)N(CCC(=O)Nc1nnc(-c2ccc(Br)cc2)s1)CCc1ccccc1. The number of halogens is 1. The molecular weight excluding hydrogens is 488 g/mol. The molecule has 0 saturated carbocycles. The van der Waals surface area contributed by atoms with Crippen molar-refractivity contribution in [3.63, 3.8) is 0 Å². The smallest absolute Gasteiger partial charge is 0.227 e. The zero-order chi connectivity index (χ0) is 23.1. The number of benzene rings is 2. The van der Waals surface area contributed by atoms with Crippen molar-refractivity contribution in [2.24, 2.45) is 5.41 Å². The summed E-state index contributed by atoms with van der Waals surface area (Å²) in [6.07, 6.45) is 0.945. The second-order valence-corrected chi connectivity index (χ2v) is 10.4. The molecular formula is C24H27BrN4O2S. The van der Waals surface area contributed by atoms with Crippen LogP contribution in [0, 0.1) is 5.41 Å². The van der Waals surface area contributed by atoms with Gasteiger partial charge >= 0.3 is 0 Å². The first-order valence-corrected chi connectivity index (χ1v) is 12.1. The largest absolute Gasteiger partial charge is 0.341 e. The summed E-state index contributed by atoms with van der Waals surface area (Å²) in [5.41, 5.74) is 1.60. The highest BCUT2D eigenvalue weighted by Crippen LogP contribution is 2.27. The Morgan fingerprint density at radius 2 is 1.69 bits per heavy atom. The van der Waals surface area contributed by atoms with Crippen LogP contribution in [0.3, 0.4) is 0 Å². The van der Waals surface area contributed by atoms with E-state index in [2.05, 4.69) is 31.4 Å². The highest BCUT2D eigenvalue weighted by atomic mass is 79.9. The molecule has 0 spiro atoms. The molecule has 2 amide bonds. The first-order valence-electron chi connectivity index (χ1n) is 10.4. The van der Waals surface area contributed by atoms with Crippen LogP contribution in [0.25, 0.3) is 10.6 Å². The Labute approximate surface area is 201 Å². The zero-order valence-corrected chi connectivity index (χ0v) is 20.9. The summed E-state index contributed by atoms with van der Waals surface area (Å²) in [5.74, 6) is -0.149. The summed E-state index contributed by atoms with van der Waals surface area (Å²) in [4.78, 5) is 27.2. The van der Waals surface area contributed by atoms with Crippen molar-refractivity contribution in [3.05, 3.63) is 64.6 Å². The van der Waals surface area contributed by atoms with Crippen LogP contribution >= 0.6 is 27.3 Å². The number of nitrogens with one attached hydrogen (secondary N) is 1. The summed E-state index contributed by atoms with van der Waals surface area (Å²) < 4.78 is 0.987. The van der Waals surface area contributed by atoms with Crippen molar-refractivity contribution in [1.82, 2.24) is 15.1 Å². The van der Waals surface area contributed by atoms with Gasteiger partial charge in [0, 0.05) is 35.0 Å². The normalized spacial score (nSPS) is 11.2. The molecule has 3 aromatic rings. The molecule has 2 aromatic carbocycles. The Kier molecular flexibility index (Phi) is 8.15. The van der Waals surface area contributed by atoms with Crippen molar-refractivity contribution in [3.8, 4) is 10.6 Å². The van der Waals surface area contributed by atoms with Crippen LogP contribution in [0.15, 0.2) is 59.1 Å². The van der Waals surface area contributed by atoms with Crippen LogP contribution in [0.5, 0.6) is 0 Å². The summed E-state index contributed by atoms with van der Waals surface area (Å²) in [7, 11) is 0. The lowest BCUT2D eigenvalue weighted by Crippen LogP contribution is -2.42. The molecule has 0 aliphatic carbocycles. The number of carbonyl (C=O) groups excluding carboxylic acids is 2. The van der Waals surface area contributed by atoms with Crippen molar-refractivity contribution in [1.29, 1.82) is 0 Å². The molecule has 8 heteroatoms. The Hall–Kier alpha value is -2.58. The van der Waals surface area contributed by atoms with Crippen LogP contribution in [0.1, 0.15) is 32.8 Å². The van der Waals surface area contributed by atoms with Gasteiger partial charge in [-0.3, -0.25) is 9.59 Å². The summed E-state index contributed by atoms with van der Waals surface area (Å²) in [6.45, 7) is 6.62. The molecule has 1 heterocycles. The van der Waals surface area contributed by atoms with E-state index >= 15 is 0 Å². The van der Waals surface area contributed by atoms with E-state index in [1.807, 2.05) is 75.4 Å². The van der Waals surface area contributed by atoms with E-state index < -0.39 is 5.41 Å². The fourth-order valence-corrected chi connectivity index (χ4v) is 4.13. The Balaban J connectivity index is 1.58. The first kappa shape index (κ1) is 24.1. The van der Waals surface area contributed by atoms with Gasteiger partial charge in [-0.15, -0.1) is 10.2 Å². The Bertz CT molecular complexity index is 1050. The van der Waals surface area contributed by atoms with Gasteiger partial charge in [-0.05, 0) is 24.1 Å². The topological polar surface area (TPSA) is 75.2 Å². The fraction of sp³-hybridized carbons (Fsp3) is 0.333. The highest BCUT2D eigenvalue weighted by molar-refractivity contribution is 9.10. The Morgan fingerprint density at radius 1 is 1.00 bits per heavy atom. The second kappa shape index (κ2) is 10.8. The third-order valence-corrected chi connectivity index (χ3v) is 6.23. The minimum atomic E-state index is -0.508. The molecule has 0 atom stereocenters. The number of rotatable bonds is 8. The van der Waals surface area contributed by atoms with Crippen molar-refractivity contribution in [2.45, 2.75) is 33.6 Å². The zero-order valence-electron chi connectivity index (χ0n) is 18.5. The molecule has 6 nitrogen and oxygen atoms in total. The predicted octanol–water partition coefficient (Wildman–Crippen LogP) is 5.41. The number of hydrogen-bond donors (Lipinski definition) is 1. The van der Waals surface area contributed by atoms with Gasteiger partial charge in [-0.25, -0.2) is 0 Å². The van der Waals surface area contributed by atoms with Crippen LogP contribution in [0.2, 0.25) is 0 Å². The number of nitrogens with zero attached hydrogens (tertiary/aromatic N) is 3. The molecule has 0 bridgehead atoms. The summed E-state index contributed by atoms with van der Waals surface area (Å²) >= 11 is 4.74. The van der Waals surface area contributed by atoms with Gasteiger partial charge in [0.05, 0.1) is 0 Å². The summed E-state index contributed by atoms with van der Waals surface area (Å²) in [6, 6.07) is 17.8. The molecule has 0 saturated heterocycles. The molecule has 0 unspecified atom stereocenters. The third-order valence-electron chi connectivity index (χ3n) is 4.81. The van der Waals surface area contributed by atoms with Gasteiger partial charge in [0.1, 0.15) is 5.01 Å². The van der Waals surface area contributed by atoms with Gasteiger partial charge in [-0.1, -0.05) is 90.5 Å². The van der Waals surface area contributed by atoms with Crippen molar-refractivity contribution in [2.75, 3.05) is 18.4 Å². The molecule has 0 aliphatic rings. The van der Waals surface area contributed by atoms with E-state index in [1.165, 1.54) is 11.3 Å². The molecule has 32 heavy (non-hydrogen) atoms. The average molecular weight is 515 g/mol. The number of aromatic nitrogens is 2. The standard InChI is InChI=1S/C24H27BrN4O2S/c1-24(2,3)22(31)29(15-13-17-7-5-4-6-8-17)16-14-20(30)26-23-28-27-21(32-23)18-9-11-19(25)12-10-18/h4-12H,13-16H2,1-3H3,(H,26,28,30). The second-order valence-electron chi connectivity index (χ2n) is 8.50. The van der Waals surface area contributed by atoms with E-state index in [9.17, 15) is 9.59 Å². The monoisotopic (exact) mass is 514 g/mol. The average Bonchev–Trinajstić information content (AvgIpc) is 3.22. The molecule has 1 aromatic heterocycles. The molecule has 168 valence electrons. The van der Waals surface area contributed by atoms with Crippen LogP contribution in [-0.4, -0.2) is 40.0 Å². The predicted molar refractivity (Wildman–Crippen MR) is 132 cm³/mol. The van der Waals surface area contributed by atoms with E-state index in [-0.39, 0.29) is 18.2 Å². The minimum absolute atomic E-state index is 0.0367. The summed E-state index contributed by atoms with van der Waals surface area (Å²) in [5, 5.41) is 12.2. The lowest BCUT2D eigenvalue weighted by Gasteiger charge is -2.29. The molecule has 0 radical (unpaired) electrons. The van der Waals surface area contributed by atoms with Crippen molar-refractivity contribution < 1.29 is 9.59 Å². The number of hydrogen-bond acceptors (Lipinski definition) is 5. The van der Waals surface area contributed by atoms with E-state index in [0.717, 1.165) is 27.0 Å². The lowest BCUT2D eigenvalue weighted by molar-refractivity contribution is -0.139. The fourth-order valence-electron chi connectivity index (χ4n) is 3.10. The van der Waals surface area contributed by atoms with Crippen LogP contribution < -0.4 is 5.32 Å². The van der Waals surface area contributed by atoms with E-state index in [0.29, 0.717) is 18.2 Å². The third kappa shape index (κ3) is 6.97. The molecule has 0 fully saturated rings. The highest BCUT2D eigenvalue weighted by Gasteiger charge is 2.27. The van der Waals surface area contributed by atoms with Gasteiger partial charge in [0.25, 0.3) is 0 Å². The minimum Gasteiger partial charge on any atom is -0.341 e. The van der Waals surface area contributed by atoms with Gasteiger partial charge in [0.15, 0.2) is 0 Å². The van der Waals surface area contributed by atoms with Gasteiger partial charge < -0.3 is 10.2 Å². The van der Waals surface area contributed by atoms with E-state index in [1.54, 1.807) is 4.90 Å². The number of amides is 2.